The number of hydrogen-bond acceptors (Lipinski definition) is 3. The number of nitrogens with zero attached hydrogens (tertiary/aromatic N) is 1. The van der Waals surface area contributed by atoms with Crippen LogP contribution in [0.25, 0.3) is 11.0 Å². The molecule has 0 radical (unpaired) electrons. The lowest BCUT2D eigenvalue weighted by Gasteiger charge is -2.11. The zero-order chi connectivity index (χ0) is 12.3. The summed E-state index contributed by atoms with van der Waals surface area (Å²) in [6.45, 7) is 1.74. The molecule has 1 unspecified atom stereocenters. The molecule has 5 nitrogen and oxygen atoms in total. The third-order valence-electron chi connectivity index (χ3n) is 2.77. The maximum Gasteiger partial charge on any atom is 0.229 e. The summed E-state index contributed by atoms with van der Waals surface area (Å²) in [5.74, 6) is -0.513. The van der Waals surface area contributed by atoms with Gasteiger partial charge < -0.3 is 15.4 Å². The van der Waals surface area contributed by atoms with Gasteiger partial charge in [0.15, 0.2) is 0 Å². The molecule has 0 fully saturated rings. The molecule has 1 amide bonds. The molecular weight excluding hydrogens is 218 g/mol. The lowest BCUT2D eigenvalue weighted by molar-refractivity contribution is -0.121. The molecule has 90 valence electrons. The van der Waals surface area contributed by atoms with E-state index in [1.165, 1.54) is 0 Å². The Labute approximate surface area is 98.9 Å². The minimum atomic E-state index is -0.354. The minimum Gasteiger partial charge on any atom is -0.396 e. The van der Waals surface area contributed by atoms with Crippen molar-refractivity contribution in [2.45, 2.75) is 13.3 Å². The van der Waals surface area contributed by atoms with Crippen LogP contribution in [-0.2, 0) is 4.79 Å². The molecule has 1 atom stereocenters. The molecule has 2 rings (SSSR count). The molecule has 0 aliphatic rings. The monoisotopic (exact) mass is 233 g/mol. The summed E-state index contributed by atoms with van der Waals surface area (Å²) in [6, 6.07) is 5.46. The smallest absolute Gasteiger partial charge is 0.229 e. The van der Waals surface area contributed by atoms with Gasteiger partial charge in [0.25, 0.3) is 0 Å². The predicted molar refractivity (Wildman–Crippen MR) is 65.6 cm³/mol. The Balaban J connectivity index is 2.14. The van der Waals surface area contributed by atoms with Crippen molar-refractivity contribution < 1.29 is 9.90 Å². The van der Waals surface area contributed by atoms with Crippen LogP contribution in [0, 0.1) is 5.92 Å². The van der Waals surface area contributed by atoms with Gasteiger partial charge >= 0.3 is 0 Å². The summed E-state index contributed by atoms with van der Waals surface area (Å²) in [7, 11) is 0. The van der Waals surface area contributed by atoms with Crippen LogP contribution in [0.1, 0.15) is 13.3 Å². The van der Waals surface area contributed by atoms with Crippen LogP contribution in [0.5, 0.6) is 0 Å². The average Bonchev–Trinajstić information content (AvgIpc) is 2.77. The van der Waals surface area contributed by atoms with E-state index in [9.17, 15) is 4.79 Å². The highest BCUT2D eigenvalue weighted by Crippen LogP contribution is 2.16. The van der Waals surface area contributed by atoms with Crippen molar-refractivity contribution in [2.75, 3.05) is 11.9 Å². The van der Waals surface area contributed by atoms with Crippen LogP contribution in [-0.4, -0.2) is 27.6 Å². The van der Waals surface area contributed by atoms with E-state index in [0.29, 0.717) is 12.1 Å². The number of aromatic amines is 1. The van der Waals surface area contributed by atoms with Gasteiger partial charge in [0.2, 0.25) is 5.91 Å². The van der Waals surface area contributed by atoms with Gasteiger partial charge in [-0.25, -0.2) is 4.98 Å². The summed E-state index contributed by atoms with van der Waals surface area (Å²) >= 11 is 0. The van der Waals surface area contributed by atoms with E-state index < -0.39 is 0 Å². The number of hydrogen-bond donors (Lipinski definition) is 3. The number of aromatic nitrogens is 2. The number of fused-ring (bicyclic) bond motifs is 1. The van der Waals surface area contributed by atoms with Crippen LogP contribution in [0.15, 0.2) is 24.5 Å². The van der Waals surface area contributed by atoms with Crippen molar-refractivity contribution in [3.63, 3.8) is 0 Å². The van der Waals surface area contributed by atoms with Crippen LogP contribution in [0.4, 0.5) is 5.69 Å². The molecule has 2 aromatic rings. The Morgan fingerprint density at radius 3 is 3.12 bits per heavy atom. The van der Waals surface area contributed by atoms with Crippen molar-refractivity contribution in [1.29, 1.82) is 0 Å². The Morgan fingerprint density at radius 1 is 1.59 bits per heavy atom. The largest absolute Gasteiger partial charge is 0.396 e. The normalized spacial score (nSPS) is 12.6. The first-order chi connectivity index (χ1) is 8.24. The van der Waals surface area contributed by atoms with Crippen LogP contribution < -0.4 is 5.32 Å². The van der Waals surface area contributed by atoms with Gasteiger partial charge in [-0.2, -0.15) is 0 Å². The molecule has 1 aromatic heterocycles. The second-order valence-electron chi connectivity index (χ2n) is 3.91. The van der Waals surface area contributed by atoms with Crippen LogP contribution >= 0.6 is 0 Å². The van der Waals surface area contributed by atoms with Crippen LogP contribution in [0.3, 0.4) is 0 Å². The summed E-state index contributed by atoms with van der Waals surface area (Å²) < 4.78 is 0. The highest BCUT2D eigenvalue weighted by atomic mass is 16.3. The number of anilines is 1. The number of carbonyl (C=O) groups is 1. The second-order valence-corrected chi connectivity index (χ2v) is 3.91. The molecule has 3 N–H and O–H groups in total. The third kappa shape index (κ3) is 2.45. The topological polar surface area (TPSA) is 78.0 Å². The number of carbonyl (C=O) groups excluding carboxylic acids is 1. The summed E-state index contributed by atoms with van der Waals surface area (Å²) in [4.78, 5) is 18.8. The first-order valence-corrected chi connectivity index (χ1v) is 5.59. The zero-order valence-corrected chi connectivity index (χ0v) is 9.60. The van der Waals surface area contributed by atoms with Gasteiger partial charge in [0.1, 0.15) is 0 Å². The molecular formula is C12H15N3O2. The Kier molecular flexibility index (Phi) is 3.39. The second kappa shape index (κ2) is 4.97. The first kappa shape index (κ1) is 11.6. The molecule has 1 heterocycles. The van der Waals surface area contributed by atoms with E-state index in [1.54, 1.807) is 12.4 Å². The lowest BCUT2D eigenvalue weighted by Crippen LogP contribution is -2.24. The summed E-state index contributed by atoms with van der Waals surface area (Å²) in [6.07, 6.45) is 2.23. The van der Waals surface area contributed by atoms with E-state index in [2.05, 4.69) is 15.3 Å². The zero-order valence-electron chi connectivity index (χ0n) is 9.60. The van der Waals surface area contributed by atoms with Gasteiger partial charge in [0.05, 0.1) is 29.9 Å². The molecule has 1 aromatic carbocycles. The van der Waals surface area contributed by atoms with E-state index in [1.807, 2.05) is 19.1 Å². The predicted octanol–water partition coefficient (Wildman–Crippen LogP) is 1.52. The lowest BCUT2D eigenvalue weighted by atomic mass is 10.1. The summed E-state index contributed by atoms with van der Waals surface area (Å²) in [5, 5.41) is 11.8. The van der Waals surface area contributed by atoms with Gasteiger partial charge in [-0.05, 0) is 24.6 Å². The van der Waals surface area contributed by atoms with Crippen molar-refractivity contribution >= 4 is 22.6 Å². The van der Waals surface area contributed by atoms with Gasteiger partial charge in [0, 0.05) is 5.69 Å². The maximum absolute atomic E-state index is 11.8. The molecule has 0 aliphatic heterocycles. The molecule has 0 spiro atoms. The fourth-order valence-corrected chi connectivity index (χ4v) is 1.66. The van der Waals surface area contributed by atoms with E-state index >= 15 is 0 Å². The number of amides is 1. The highest BCUT2D eigenvalue weighted by Gasteiger charge is 2.15. The number of aliphatic hydroxyl groups is 1. The molecule has 0 saturated carbocycles. The van der Waals surface area contributed by atoms with Crippen molar-refractivity contribution in [1.82, 2.24) is 9.97 Å². The average molecular weight is 233 g/mol. The van der Waals surface area contributed by atoms with Gasteiger partial charge in [-0.3, -0.25) is 4.79 Å². The third-order valence-corrected chi connectivity index (χ3v) is 2.77. The number of nitrogens with one attached hydrogen (secondary N) is 2. The van der Waals surface area contributed by atoms with Crippen molar-refractivity contribution in [3.8, 4) is 0 Å². The molecule has 5 heteroatoms. The highest BCUT2D eigenvalue weighted by molar-refractivity contribution is 5.94. The van der Waals surface area contributed by atoms with Crippen molar-refractivity contribution in [3.05, 3.63) is 24.5 Å². The number of H-pyrrole nitrogens is 1. The Morgan fingerprint density at radius 2 is 2.41 bits per heavy atom. The molecule has 0 saturated heterocycles. The standard InChI is InChI=1S/C12H15N3O2/c1-2-8(6-16)12(17)15-9-3-4-10-11(5-9)14-7-13-10/h3-5,7-8,16H,2,6H2,1H3,(H,13,14)(H,15,17). The molecule has 0 bridgehead atoms. The Bertz CT molecular complexity index is 517. The molecule has 17 heavy (non-hydrogen) atoms. The SMILES string of the molecule is CCC(CO)C(=O)Nc1ccc2nc[nH]c2c1. The van der Waals surface area contributed by atoms with E-state index in [-0.39, 0.29) is 18.4 Å². The maximum atomic E-state index is 11.8. The van der Waals surface area contributed by atoms with E-state index in [4.69, 9.17) is 5.11 Å². The minimum absolute atomic E-state index is 0.130. The fraction of sp³-hybridized carbons (Fsp3) is 0.333. The number of rotatable bonds is 4. The number of imidazole rings is 1. The number of aliphatic hydroxyl groups excluding tert-OH is 1. The van der Waals surface area contributed by atoms with Crippen LogP contribution in [0.2, 0.25) is 0 Å². The van der Waals surface area contributed by atoms with Gasteiger partial charge in [-0.1, -0.05) is 6.92 Å². The Hall–Kier alpha value is -1.88. The fourth-order valence-electron chi connectivity index (χ4n) is 1.66. The summed E-state index contributed by atoms with van der Waals surface area (Å²) in [5.41, 5.74) is 2.44. The quantitative estimate of drug-likeness (QED) is 0.749. The number of benzene rings is 1. The van der Waals surface area contributed by atoms with E-state index in [0.717, 1.165) is 11.0 Å². The van der Waals surface area contributed by atoms with Gasteiger partial charge in [-0.15, -0.1) is 0 Å². The molecule has 0 aliphatic carbocycles. The van der Waals surface area contributed by atoms with Crippen molar-refractivity contribution in [2.24, 2.45) is 5.92 Å². The first-order valence-electron chi connectivity index (χ1n) is 5.59.